The lowest BCUT2D eigenvalue weighted by Gasteiger charge is -2.10. The third kappa shape index (κ3) is 4.05. The summed E-state index contributed by atoms with van der Waals surface area (Å²) in [5, 5.41) is 7.41. The minimum absolute atomic E-state index is 0.171. The summed E-state index contributed by atoms with van der Waals surface area (Å²) in [6.07, 6.45) is 0.456. The summed E-state index contributed by atoms with van der Waals surface area (Å²) in [5.74, 6) is -0.168. The van der Waals surface area contributed by atoms with Crippen LogP contribution in [0.3, 0.4) is 0 Å². The van der Waals surface area contributed by atoms with Crippen molar-refractivity contribution >= 4 is 23.5 Å². The first-order valence-corrected chi connectivity index (χ1v) is 6.97. The first-order chi connectivity index (χ1) is 9.95. The van der Waals surface area contributed by atoms with Crippen molar-refractivity contribution in [3.05, 3.63) is 29.8 Å². The van der Waals surface area contributed by atoms with E-state index in [1.807, 2.05) is 24.3 Å². The molecule has 4 amide bonds. The fourth-order valence-corrected chi connectivity index (χ4v) is 2.14. The molecule has 0 bridgehead atoms. The van der Waals surface area contributed by atoms with Gasteiger partial charge in [0.15, 0.2) is 0 Å². The molecule has 1 aliphatic rings. The quantitative estimate of drug-likeness (QED) is 0.721. The Morgan fingerprint density at radius 2 is 2.10 bits per heavy atom. The van der Waals surface area contributed by atoms with Gasteiger partial charge in [-0.3, -0.25) is 14.9 Å². The lowest BCUT2D eigenvalue weighted by Crippen LogP contribution is -2.30. The van der Waals surface area contributed by atoms with Crippen LogP contribution in [-0.4, -0.2) is 23.9 Å². The number of hydrogen-bond donors (Lipinski definition) is 3. The molecule has 0 spiro atoms. The molecule has 0 aromatic heterocycles. The summed E-state index contributed by atoms with van der Waals surface area (Å²) < 4.78 is 0. The van der Waals surface area contributed by atoms with Crippen LogP contribution in [0.5, 0.6) is 0 Å². The van der Waals surface area contributed by atoms with Crippen molar-refractivity contribution in [1.29, 1.82) is 0 Å². The summed E-state index contributed by atoms with van der Waals surface area (Å²) in [4.78, 5) is 34.2. The highest BCUT2D eigenvalue weighted by Gasteiger charge is 2.29. The van der Waals surface area contributed by atoms with E-state index in [0.717, 1.165) is 11.3 Å². The Kier molecular flexibility index (Phi) is 4.57. The minimum atomic E-state index is -0.620. The average molecular weight is 289 g/mol. The van der Waals surface area contributed by atoms with Gasteiger partial charge in [0.05, 0.1) is 0 Å². The van der Waals surface area contributed by atoms with E-state index in [2.05, 4.69) is 29.8 Å². The Bertz CT molecular complexity index is 569. The maximum atomic E-state index is 11.9. The van der Waals surface area contributed by atoms with Crippen LogP contribution < -0.4 is 16.0 Å². The SMILES string of the molecule is CC(C)c1cccc(NC(=O)CC[C@@H]2NC(=O)NC2=O)c1. The zero-order chi connectivity index (χ0) is 15.4. The van der Waals surface area contributed by atoms with Crippen LogP contribution in [0.4, 0.5) is 10.5 Å². The second kappa shape index (κ2) is 6.39. The first kappa shape index (κ1) is 15.0. The smallest absolute Gasteiger partial charge is 0.322 e. The maximum absolute atomic E-state index is 11.9. The van der Waals surface area contributed by atoms with Gasteiger partial charge >= 0.3 is 6.03 Å². The van der Waals surface area contributed by atoms with Crippen LogP contribution in [0, 0.1) is 0 Å². The van der Waals surface area contributed by atoms with Crippen molar-refractivity contribution in [2.45, 2.75) is 38.6 Å². The number of benzene rings is 1. The van der Waals surface area contributed by atoms with Crippen LogP contribution in [0.1, 0.15) is 38.2 Å². The van der Waals surface area contributed by atoms with E-state index in [0.29, 0.717) is 5.92 Å². The molecule has 1 aromatic rings. The van der Waals surface area contributed by atoms with E-state index in [1.54, 1.807) is 0 Å². The van der Waals surface area contributed by atoms with Gasteiger partial charge in [0.1, 0.15) is 6.04 Å². The number of nitrogens with one attached hydrogen (secondary N) is 3. The Morgan fingerprint density at radius 1 is 1.33 bits per heavy atom. The van der Waals surface area contributed by atoms with E-state index in [-0.39, 0.29) is 24.7 Å². The van der Waals surface area contributed by atoms with Gasteiger partial charge in [0.25, 0.3) is 5.91 Å². The summed E-state index contributed by atoms with van der Waals surface area (Å²) in [6, 6.07) is 6.55. The van der Waals surface area contributed by atoms with Gasteiger partial charge in [-0.1, -0.05) is 26.0 Å². The highest BCUT2D eigenvalue weighted by molar-refractivity contribution is 6.04. The molecule has 0 aliphatic carbocycles. The van der Waals surface area contributed by atoms with Crippen molar-refractivity contribution in [3.63, 3.8) is 0 Å². The van der Waals surface area contributed by atoms with Crippen molar-refractivity contribution in [3.8, 4) is 0 Å². The van der Waals surface area contributed by atoms with Crippen molar-refractivity contribution in [2.75, 3.05) is 5.32 Å². The number of rotatable bonds is 5. The van der Waals surface area contributed by atoms with Crippen LogP contribution in [0.15, 0.2) is 24.3 Å². The van der Waals surface area contributed by atoms with Gasteiger partial charge in [0.2, 0.25) is 5.91 Å². The highest BCUT2D eigenvalue weighted by Crippen LogP contribution is 2.18. The van der Waals surface area contributed by atoms with Gasteiger partial charge in [-0.15, -0.1) is 0 Å². The van der Waals surface area contributed by atoms with Crippen LogP contribution >= 0.6 is 0 Å². The summed E-state index contributed by atoms with van der Waals surface area (Å²) in [5.41, 5.74) is 1.89. The molecule has 3 N–H and O–H groups in total. The molecule has 21 heavy (non-hydrogen) atoms. The van der Waals surface area contributed by atoms with Crippen molar-refractivity contribution < 1.29 is 14.4 Å². The molecular weight excluding hydrogens is 270 g/mol. The zero-order valence-corrected chi connectivity index (χ0v) is 12.1. The monoisotopic (exact) mass is 289 g/mol. The first-order valence-electron chi connectivity index (χ1n) is 6.97. The van der Waals surface area contributed by atoms with E-state index >= 15 is 0 Å². The average Bonchev–Trinajstić information content (AvgIpc) is 2.75. The standard InChI is InChI=1S/C15H19N3O3/c1-9(2)10-4-3-5-11(8-10)16-13(19)7-6-12-14(20)18-15(21)17-12/h3-5,8-9,12H,6-7H2,1-2H3,(H,16,19)(H2,17,18,20,21)/t12-/m0/s1. The Morgan fingerprint density at radius 3 is 2.71 bits per heavy atom. The lowest BCUT2D eigenvalue weighted by atomic mass is 10.0. The molecule has 1 aromatic carbocycles. The van der Waals surface area contributed by atoms with Gasteiger partial charge < -0.3 is 10.6 Å². The number of carbonyl (C=O) groups excluding carboxylic acids is 3. The number of amides is 4. The molecule has 0 radical (unpaired) electrons. The number of anilines is 1. The van der Waals surface area contributed by atoms with Crippen molar-refractivity contribution in [2.24, 2.45) is 0 Å². The summed E-state index contributed by atoms with van der Waals surface area (Å²) in [6.45, 7) is 4.17. The molecule has 6 heteroatoms. The maximum Gasteiger partial charge on any atom is 0.322 e. The van der Waals surface area contributed by atoms with Crippen LogP contribution in [0.25, 0.3) is 0 Å². The zero-order valence-electron chi connectivity index (χ0n) is 12.1. The molecule has 1 fully saturated rings. The second-order valence-corrected chi connectivity index (χ2v) is 5.38. The van der Waals surface area contributed by atoms with Gasteiger partial charge in [-0.05, 0) is 30.0 Å². The highest BCUT2D eigenvalue weighted by atomic mass is 16.2. The predicted molar refractivity (Wildman–Crippen MR) is 78.9 cm³/mol. The fourth-order valence-electron chi connectivity index (χ4n) is 2.14. The van der Waals surface area contributed by atoms with Gasteiger partial charge in [0, 0.05) is 12.1 Å². The van der Waals surface area contributed by atoms with Gasteiger partial charge in [-0.2, -0.15) is 0 Å². The number of imide groups is 1. The second-order valence-electron chi connectivity index (χ2n) is 5.38. The van der Waals surface area contributed by atoms with Crippen LogP contribution in [0.2, 0.25) is 0 Å². The van der Waals surface area contributed by atoms with Gasteiger partial charge in [-0.25, -0.2) is 4.79 Å². The third-order valence-electron chi connectivity index (χ3n) is 3.36. The molecule has 1 heterocycles. The van der Waals surface area contributed by atoms with E-state index < -0.39 is 12.1 Å². The molecule has 0 saturated carbocycles. The van der Waals surface area contributed by atoms with E-state index in [4.69, 9.17) is 0 Å². The molecule has 1 atom stereocenters. The number of urea groups is 1. The molecule has 6 nitrogen and oxygen atoms in total. The van der Waals surface area contributed by atoms with E-state index in [9.17, 15) is 14.4 Å². The van der Waals surface area contributed by atoms with E-state index in [1.165, 1.54) is 0 Å². The molecular formula is C15H19N3O3. The molecule has 2 rings (SSSR count). The molecule has 1 aliphatic heterocycles. The lowest BCUT2D eigenvalue weighted by molar-refractivity contribution is -0.120. The Hall–Kier alpha value is -2.37. The normalized spacial score (nSPS) is 17.6. The molecule has 1 saturated heterocycles. The largest absolute Gasteiger partial charge is 0.326 e. The molecule has 0 unspecified atom stereocenters. The van der Waals surface area contributed by atoms with Crippen molar-refractivity contribution in [1.82, 2.24) is 10.6 Å². The molecule has 112 valence electrons. The summed E-state index contributed by atoms with van der Waals surface area (Å²) >= 11 is 0. The predicted octanol–water partition coefficient (Wildman–Crippen LogP) is 1.74. The van der Waals surface area contributed by atoms with Crippen LogP contribution in [-0.2, 0) is 9.59 Å². The minimum Gasteiger partial charge on any atom is -0.326 e. The fraction of sp³-hybridized carbons (Fsp3) is 0.400. The Labute approximate surface area is 123 Å². The number of carbonyl (C=O) groups is 3. The summed E-state index contributed by atoms with van der Waals surface area (Å²) in [7, 11) is 0. The number of hydrogen-bond acceptors (Lipinski definition) is 3. The third-order valence-corrected chi connectivity index (χ3v) is 3.36. The topological polar surface area (TPSA) is 87.3 Å². The Balaban J connectivity index is 1.86.